The molecule has 0 bridgehead atoms. The van der Waals surface area contributed by atoms with Crippen LogP contribution in [0.4, 0.5) is 0 Å². The third-order valence-electron chi connectivity index (χ3n) is 6.51. The van der Waals surface area contributed by atoms with Crippen LogP contribution in [0, 0.1) is 13.8 Å². The number of rotatable bonds is 8. The minimum Gasteiger partial charge on any atom is -0.480 e. The number of amides is 2. The number of carbonyl (C=O) groups excluding carboxylic acids is 2. The molecule has 0 saturated heterocycles. The summed E-state index contributed by atoms with van der Waals surface area (Å²) >= 11 is 12.2. The quantitative estimate of drug-likeness (QED) is 0.425. The zero-order valence-corrected chi connectivity index (χ0v) is 22.6. The van der Waals surface area contributed by atoms with E-state index in [4.69, 9.17) is 23.2 Å². The molecule has 0 aliphatic carbocycles. The second-order valence-corrected chi connectivity index (χ2v) is 10.1. The third-order valence-corrected chi connectivity index (χ3v) is 7.14. The van der Waals surface area contributed by atoms with E-state index in [2.05, 4.69) is 10.4 Å². The van der Waals surface area contributed by atoms with E-state index in [9.17, 15) is 19.5 Å². The first-order chi connectivity index (χ1) is 18.1. The summed E-state index contributed by atoms with van der Waals surface area (Å²) in [7, 11) is 0. The number of nitrogens with one attached hydrogen (secondary N) is 1. The Morgan fingerprint density at radius 1 is 1.08 bits per heavy atom. The van der Waals surface area contributed by atoms with Crippen molar-refractivity contribution in [1.82, 2.24) is 20.0 Å². The molecular weight excluding hydrogens is 527 g/mol. The maximum absolute atomic E-state index is 12.7. The van der Waals surface area contributed by atoms with E-state index in [0.29, 0.717) is 19.5 Å². The molecule has 1 aliphatic heterocycles. The summed E-state index contributed by atoms with van der Waals surface area (Å²) < 4.78 is 1.73. The van der Waals surface area contributed by atoms with Crippen LogP contribution in [0.2, 0.25) is 10.0 Å². The predicted octanol–water partition coefficient (Wildman–Crippen LogP) is 4.55. The van der Waals surface area contributed by atoms with Crippen molar-refractivity contribution in [2.75, 3.05) is 13.1 Å². The highest BCUT2D eigenvalue weighted by atomic mass is 35.5. The molecule has 2 amide bonds. The van der Waals surface area contributed by atoms with Gasteiger partial charge in [-0.1, -0.05) is 59.6 Å². The summed E-state index contributed by atoms with van der Waals surface area (Å²) in [5, 5.41) is 16.9. The van der Waals surface area contributed by atoms with Crippen LogP contribution < -0.4 is 5.32 Å². The summed E-state index contributed by atoms with van der Waals surface area (Å²) in [6, 6.07) is 13.0. The second kappa shape index (κ2) is 11.8. The minimum atomic E-state index is -1.16. The largest absolute Gasteiger partial charge is 0.480 e. The zero-order chi connectivity index (χ0) is 27.4. The SMILES string of the molecule is Cc1cc(C)n(CC(=O)N2CC=C(c3ccc(C[C@H](NC(=O)c4c(Cl)cccc4Cl)C(=O)O)cc3)CC2)n1. The van der Waals surface area contributed by atoms with Gasteiger partial charge in [0.15, 0.2) is 0 Å². The van der Waals surface area contributed by atoms with Crippen molar-refractivity contribution >= 4 is 46.6 Å². The van der Waals surface area contributed by atoms with Crippen molar-refractivity contribution in [3.05, 3.63) is 92.7 Å². The van der Waals surface area contributed by atoms with Gasteiger partial charge in [-0.2, -0.15) is 5.10 Å². The summed E-state index contributed by atoms with van der Waals surface area (Å²) in [6.45, 7) is 5.20. The molecule has 0 fully saturated rings. The van der Waals surface area contributed by atoms with Crippen molar-refractivity contribution < 1.29 is 19.5 Å². The normalized spacial score (nSPS) is 14.1. The molecule has 0 spiro atoms. The van der Waals surface area contributed by atoms with Crippen LogP contribution in [0.1, 0.15) is 39.3 Å². The highest BCUT2D eigenvalue weighted by Crippen LogP contribution is 2.25. The molecule has 10 heteroatoms. The van der Waals surface area contributed by atoms with E-state index in [-0.39, 0.29) is 34.5 Å². The summed E-state index contributed by atoms with van der Waals surface area (Å²) in [6.07, 6.45) is 2.86. The number of carbonyl (C=O) groups is 3. The molecule has 3 aromatic rings. The minimum absolute atomic E-state index is 0.0293. The van der Waals surface area contributed by atoms with Crippen LogP contribution in [0.15, 0.2) is 54.6 Å². The average molecular weight is 555 g/mol. The van der Waals surface area contributed by atoms with Gasteiger partial charge in [0.2, 0.25) is 5.91 Å². The van der Waals surface area contributed by atoms with Gasteiger partial charge < -0.3 is 15.3 Å². The Balaban J connectivity index is 1.37. The van der Waals surface area contributed by atoms with Gasteiger partial charge in [0.25, 0.3) is 5.91 Å². The van der Waals surface area contributed by atoms with Gasteiger partial charge in [0.05, 0.1) is 21.3 Å². The van der Waals surface area contributed by atoms with E-state index >= 15 is 0 Å². The lowest BCUT2D eigenvalue weighted by molar-refractivity contribution is -0.139. The molecule has 2 aromatic carbocycles. The number of benzene rings is 2. The second-order valence-electron chi connectivity index (χ2n) is 9.27. The van der Waals surface area contributed by atoms with Crippen molar-refractivity contribution in [3.8, 4) is 0 Å². The maximum Gasteiger partial charge on any atom is 0.326 e. The van der Waals surface area contributed by atoms with Crippen LogP contribution >= 0.6 is 23.2 Å². The number of carboxylic acids is 1. The molecule has 198 valence electrons. The molecule has 1 aliphatic rings. The van der Waals surface area contributed by atoms with Gasteiger partial charge in [-0.25, -0.2) is 4.79 Å². The van der Waals surface area contributed by atoms with Crippen molar-refractivity contribution in [3.63, 3.8) is 0 Å². The van der Waals surface area contributed by atoms with Crippen LogP contribution in [-0.4, -0.2) is 56.7 Å². The van der Waals surface area contributed by atoms with Gasteiger partial charge >= 0.3 is 5.97 Å². The van der Waals surface area contributed by atoms with E-state index < -0.39 is 17.9 Å². The molecule has 4 rings (SSSR count). The number of aromatic nitrogens is 2. The summed E-state index contributed by atoms with van der Waals surface area (Å²) in [4.78, 5) is 39.1. The Morgan fingerprint density at radius 3 is 2.32 bits per heavy atom. The lowest BCUT2D eigenvalue weighted by Crippen LogP contribution is -2.42. The van der Waals surface area contributed by atoms with E-state index in [0.717, 1.165) is 28.1 Å². The lowest BCUT2D eigenvalue weighted by atomic mass is 9.96. The van der Waals surface area contributed by atoms with Crippen molar-refractivity contribution in [1.29, 1.82) is 0 Å². The molecule has 1 aromatic heterocycles. The molecule has 0 unspecified atom stereocenters. The molecule has 0 radical (unpaired) electrons. The summed E-state index contributed by atoms with van der Waals surface area (Å²) in [5.41, 5.74) is 4.79. The number of hydrogen-bond donors (Lipinski definition) is 2. The monoisotopic (exact) mass is 554 g/mol. The predicted molar refractivity (Wildman–Crippen MR) is 146 cm³/mol. The zero-order valence-electron chi connectivity index (χ0n) is 21.1. The summed E-state index contributed by atoms with van der Waals surface area (Å²) in [5.74, 6) is -1.78. The van der Waals surface area contributed by atoms with Gasteiger partial charge in [-0.05, 0) is 55.2 Å². The van der Waals surface area contributed by atoms with Crippen molar-refractivity contribution in [2.45, 2.75) is 39.3 Å². The van der Waals surface area contributed by atoms with E-state index in [1.807, 2.05) is 55.2 Å². The average Bonchev–Trinajstić information content (AvgIpc) is 3.20. The van der Waals surface area contributed by atoms with Crippen LogP contribution in [0.25, 0.3) is 5.57 Å². The molecule has 2 heterocycles. The first-order valence-electron chi connectivity index (χ1n) is 12.2. The fourth-order valence-corrected chi connectivity index (χ4v) is 5.03. The Labute approximate surface area is 230 Å². The Bertz CT molecular complexity index is 1380. The molecule has 2 N–H and O–H groups in total. The number of hydrogen-bond acceptors (Lipinski definition) is 4. The standard InChI is InChI=1S/C28H28Cl2N4O4/c1-17-14-18(2)34(32-17)16-25(35)33-12-10-21(11-13-33)20-8-6-19(7-9-20)15-24(28(37)38)31-27(36)26-22(29)4-3-5-23(26)30/h3-10,14,24H,11-13,15-16H2,1-2H3,(H,31,36)(H,37,38)/t24-/m0/s1. The molecule has 0 saturated carbocycles. The number of aliphatic carboxylic acids is 1. The number of aryl methyl sites for hydroxylation is 2. The molecule has 38 heavy (non-hydrogen) atoms. The number of nitrogens with zero attached hydrogens (tertiary/aromatic N) is 3. The van der Waals surface area contributed by atoms with E-state index in [1.54, 1.807) is 10.7 Å². The lowest BCUT2D eigenvalue weighted by Gasteiger charge is -2.27. The van der Waals surface area contributed by atoms with Gasteiger partial charge in [-0.3, -0.25) is 14.3 Å². The molecule has 1 atom stereocenters. The van der Waals surface area contributed by atoms with Crippen LogP contribution in [0.3, 0.4) is 0 Å². The van der Waals surface area contributed by atoms with Crippen LogP contribution in [0.5, 0.6) is 0 Å². The van der Waals surface area contributed by atoms with Gasteiger partial charge in [-0.15, -0.1) is 0 Å². The van der Waals surface area contributed by atoms with Gasteiger partial charge in [0.1, 0.15) is 12.6 Å². The highest BCUT2D eigenvalue weighted by molar-refractivity contribution is 6.39. The smallest absolute Gasteiger partial charge is 0.326 e. The first-order valence-corrected chi connectivity index (χ1v) is 12.9. The highest BCUT2D eigenvalue weighted by Gasteiger charge is 2.24. The number of carboxylic acid groups (broad SMARTS) is 1. The Kier molecular flexibility index (Phi) is 8.54. The topological polar surface area (TPSA) is 105 Å². The maximum atomic E-state index is 12.7. The molecule has 8 nitrogen and oxygen atoms in total. The number of halogens is 2. The molecular formula is C28H28Cl2N4O4. The fourth-order valence-electron chi connectivity index (χ4n) is 4.46. The van der Waals surface area contributed by atoms with E-state index in [1.165, 1.54) is 12.1 Å². The Hall–Kier alpha value is -3.62. The van der Waals surface area contributed by atoms with Gasteiger partial charge in [0, 0.05) is 25.2 Å². The third kappa shape index (κ3) is 6.44. The van der Waals surface area contributed by atoms with Crippen LogP contribution in [-0.2, 0) is 22.6 Å². The first kappa shape index (κ1) is 27.4. The fraction of sp³-hybridized carbons (Fsp3) is 0.286. The van der Waals surface area contributed by atoms with Crippen molar-refractivity contribution in [2.24, 2.45) is 0 Å². The Morgan fingerprint density at radius 2 is 1.76 bits per heavy atom.